The average molecular weight is 471 g/mol. The minimum atomic E-state index is -0.847. The van der Waals surface area contributed by atoms with Crippen molar-refractivity contribution in [1.29, 1.82) is 0 Å². The molecule has 2 fully saturated rings. The van der Waals surface area contributed by atoms with Gasteiger partial charge < -0.3 is 10.4 Å². The van der Waals surface area contributed by atoms with Crippen LogP contribution in [0.2, 0.25) is 10.0 Å². The van der Waals surface area contributed by atoms with Crippen LogP contribution in [0.1, 0.15) is 29.8 Å². The van der Waals surface area contributed by atoms with E-state index in [-0.39, 0.29) is 23.6 Å². The van der Waals surface area contributed by atoms with E-state index in [0.29, 0.717) is 21.4 Å². The predicted molar refractivity (Wildman–Crippen MR) is 120 cm³/mol. The van der Waals surface area contributed by atoms with Crippen LogP contribution in [-0.2, 0) is 4.79 Å². The van der Waals surface area contributed by atoms with Crippen molar-refractivity contribution in [3.05, 3.63) is 64.5 Å². The van der Waals surface area contributed by atoms with Crippen molar-refractivity contribution in [2.24, 2.45) is 17.8 Å². The largest absolute Gasteiger partial charge is 0.481 e. The lowest BCUT2D eigenvalue weighted by molar-refractivity contribution is -0.144. The van der Waals surface area contributed by atoms with E-state index in [1.165, 1.54) is 0 Å². The molecule has 2 bridgehead atoms. The van der Waals surface area contributed by atoms with Crippen LogP contribution in [0.4, 0.5) is 0 Å². The van der Waals surface area contributed by atoms with Crippen LogP contribution in [0, 0.1) is 17.8 Å². The minimum absolute atomic E-state index is 0.127. The number of nitrogens with zero attached hydrogens (tertiary/aromatic N) is 3. The van der Waals surface area contributed by atoms with E-state index in [1.807, 2.05) is 6.07 Å². The quantitative estimate of drug-likeness (QED) is 0.573. The fourth-order valence-electron chi connectivity index (χ4n) is 5.11. The summed E-state index contributed by atoms with van der Waals surface area (Å²) < 4.78 is 1.61. The van der Waals surface area contributed by atoms with Crippen LogP contribution >= 0.6 is 23.2 Å². The van der Waals surface area contributed by atoms with E-state index in [4.69, 9.17) is 23.2 Å². The number of hydrogen-bond donors (Lipinski definition) is 2. The van der Waals surface area contributed by atoms with Gasteiger partial charge in [0.15, 0.2) is 5.69 Å². The number of fused-ring (bicyclic) bond motifs is 2. The fraction of sp³-hybridized carbons (Fsp3) is 0.304. The molecule has 9 heteroatoms. The molecule has 1 aromatic carbocycles. The maximum absolute atomic E-state index is 13.2. The van der Waals surface area contributed by atoms with Crippen LogP contribution in [0.25, 0.3) is 16.9 Å². The zero-order chi connectivity index (χ0) is 22.4. The van der Waals surface area contributed by atoms with Gasteiger partial charge in [-0.15, -0.1) is 0 Å². The van der Waals surface area contributed by atoms with E-state index >= 15 is 0 Å². The maximum Gasteiger partial charge on any atom is 0.308 e. The summed E-state index contributed by atoms with van der Waals surface area (Å²) in [5, 5.41) is 18.0. The molecule has 2 N–H and O–H groups in total. The number of carbonyl (C=O) groups excluding carboxylic acids is 1. The van der Waals surface area contributed by atoms with Crippen molar-refractivity contribution in [3.8, 4) is 16.9 Å². The summed E-state index contributed by atoms with van der Waals surface area (Å²) in [6, 6.07) is 10.1. The van der Waals surface area contributed by atoms with Crippen molar-refractivity contribution in [1.82, 2.24) is 20.1 Å². The number of hydrogen-bond acceptors (Lipinski definition) is 4. The highest BCUT2D eigenvalue weighted by molar-refractivity contribution is 6.42. The summed E-state index contributed by atoms with van der Waals surface area (Å²) in [4.78, 5) is 29.1. The number of pyridine rings is 1. The van der Waals surface area contributed by atoms with Crippen LogP contribution in [0.3, 0.4) is 0 Å². The second-order valence-electron chi connectivity index (χ2n) is 8.36. The van der Waals surface area contributed by atoms with Crippen LogP contribution in [-0.4, -0.2) is 37.8 Å². The summed E-state index contributed by atoms with van der Waals surface area (Å²) in [6.07, 6.45) is 6.05. The highest BCUT2D eigenvalue weighted by Gasteiger charge is 2.51. The van der Waals surface area contributed by atoms with E-state index in [1.54, 1.807) is 47.4 Å². The lowest BCUT2D eigenvalue weighted by Gasteiger charge is -2.28. The van der Waals surface area contributed by atoms with E-state index in [2.05, 4.69) is 15.4 Å². The number of carboxylic acids is 1. The van der Waals surface area contributed by atoms with Crippen molar-refractivity contribution < 1.29 is 14.7 Å². The molecule has 0 saturated heterocycles. The number of amides is 1. The van der Waals surface area contributed by atoms with Crippen molar-refractivity contribution in [2.45, 2.75) is 25.3 Å². The molecule has 0 spiro atoms. The smallest absolute Gasteiger partial charge is 0.308 e. The van der Waals surface area contributed by atoms with Gasteiger partial charge in [0, 0.05) is 24.0 Å². The monoisotopic (exact) mass is 470 g/mol. The van der Waals surface area contributed by atoms with Crippen LogP contribution < -0.4 is 5.32 Å². The average Bonchev–Trinajstić information content (AvgIpc) is 3.51. The summed E-state index contributed by atoms with van der Waals surface area (Å²) in [6.45, 7) is 0. The van der Waals surface area contributed by atoms with E-state index < -0.39 is 17.8 Å². The molecule has 1 amide bonds. The number of aliphatic carboxylic acids is 1. The van der Waals surface area contributed by atoms with Gasteiger partial charge >= 0.3 is 5.97 Å². The number of nitrogens with one attached hydrogen (secondary N) is 1. The topological polar surface area (TPSA) is 97.1 Å². The first-order chi connectivity index (χ1) is 15.4. The van der Waals surface area contributed by atoms with Gasteiger partial charge in [-0.1, -0.05) is 23.2 Å². The molecular weight excluding hydrogens is 451 g/mol. The Morgan fingerprint density at radius 2 is 1.91 bits per heavy atom. The van der Waals surface area contributed by atoms with Crippen molar-refractivity contribution >= 4 is 35.1 Å². The Kier molecular flexibility index (Phi) is 5.39. The number of rotatable bonds is 5. The third kappa shape index (κ3) is 3.65. The lowest BCUT2D eigenvalue weighted by Crippen LogP contribution is -2.46. The van der Waals surface area contributed by atoms with Gasteiger partial charge in [0.05, 0.1) is 27.3 Å². The lowest BCUT2D eigenvalue weighted by atomic mass is 9.84. The minimum Gasteiger partial charge on any atom is -0.481 e. The fourth-order valence-corrected chi connectivity index (χ4v) is 5.40. The molecule has 2 heterocycles. The third-order valence-corrected chi connectivity index (χ3v) is 7.29. The second-order valence-corrected chi connectivity index (χ2v) is 9.18. The Morgan fingerprint density at radius 1 is 1.09 bits per heavy atom. The van der Waals surface area contributed by atoms with Gasteiger partial charge in [-0.25, -0.2) is 4.68 Å². The molecule has 2 aliphatic carbocycles. The first kappa shape index (κ1) is 21.0. The molecule has 2 saturated carbocycles. The number of benzene rings is 1. The molecule has 2 aromatic heterocycles. The number of carbonyl (C=O) groups is 2. The predicted octanol–water partition coefficient (Wildman–Crippen LogP) is 4.47. The van der Waals surface area contributed by atoms with Crippen LogP contribution in [0.15, 0.2) is 48.8 Å². The Morgan fingerprint density at radius 3 is 2.62 bits per heavy atom. The van der Waals surface area contributed by atoms with Gasteiger partial charge in [0.1, 0.15) is 0 Å². The number of carboxylic acid groups (broad SMARTS) is 1. The van der Waals surface area contributed by atoms with E-state index in [9.17, 15) is 14.7 Å². The molecule has 4 unspecified atom stereocenters. The third-order valence-electron chi connectivity index (χ3n) is 6.55. The summed E-state index contributed by atoms with van der Waals surface area (Å²) in [5.41, 5.74) is 2.26. The number of aromatic nitrogens is 3. The molecule has 3 aromatic rings. The van der Waals surface area contributed by atoms with Crippen LogP contribution in [0.5, 0.6) is 0 Å². The highest BCUT2D eigenvalue weighted by atomic mass is 35.5. The normalized spacial score (nSPS) is 23.9. The second kappa shape index (κ2) is 8.22. The molecule has 2 aliphatic rings. The molecule has 0 radical (unpaired) electrons. The number of halogens is 2. The summed E-state index contributed by atoms with van der Waals surface area (Å²) in [7, 11) is 0. The van der Waals surface area contributed by atoms with Crippen molar-refractivity contribution in [3.63, 3.8) is 0 Å². The molecule has 4 atom stereocenters. The first-order valence-electron chi connectivity index (χ1n) is 10.4. The Balaban J connectivity index is 1.50. The van der Waals surface area contributed by atoms with Crippen molar-refractivity contribution in [2.75, 3.05) is 0 Å². The molecule has 7 nitrogen and oxygen atoms in total. The van der Waals surface area contributed by atoms with Gasteiger partial charge in [-0.3, -0.25) is 14.6 Å². The summed E-state index contributed by atoms with van der Waals surface area (Å²) in [5.74, 6) is -1.46. The van der Waals surface area contributed by atoms with Gasteiger partial charge in [-0.2, -0.15) is 5.10 Å². The first-order valence-corrected chi connectivity index (χ1v) is 11.2. The zero-order valence-corrected chi connectivity index (χ0v) is 18.4. The van der Waals surface area contributed by atoms with Gasteiger partial charge in [0.25, 0.3) is 5.91 Å². The molecule has 164 valence electrons. The summed E-state index contributed by atoms with van der Waals surface area (Å²) >= 11 is 12.3. The Hall–Kier alpha value is -2.90. The Labute approximate surface area is 194 Å². The Bertz CT molecular complexity index is 1200. The zero-order valence-electron chi connectivity index (χ0n) is 16.9. The molecule has 0 aliphatic heterocycles. The standard InChI is InChI=1S/C23H20Cl2N4O3/c24-16-6-5-15(9-17(16)25)29-19(14-2-1-7-26-11-14)10-18(28-29)22(30)27-21-13-4-3-12(8-13)20(21)23(31)32/h1-2,5-7,9-13,20-21H,3-4,8H2,(H,27,30)(H,31,32). The van der Waals surface area contributed by atoms with E-state index in [0.717, 1.165) is 24.8 Å². The van der Waals surface area contributed by atoms with Gasteiger partial charge in [0.2, 0.25) is 0 Å². The molecular formula is C23H20Cl2N4O3. The maximum atomic E-state index is 13.2. The highest BCUT2D eigenvalue weighted by Crippen LogP contribution is 2.48. The molecule has 5 rings (SSSR count). The van der Waals surface area contributed by atoms with Gasteiger partial charge in [-0.05, 0) is 67.5 Å². The SMILES string of the molecule is O=C(NC1C2CCC(C2)C1C(=O)O)c1cc(-c2cccnc2)n(-c2ccc(Cl)c(Cl)c2)n1. The molecule has 32 heavy (non-hydrogen) atoms.